The van der Waals surface area contributed by atoms with Crippen LogP contribution in [0.2, 0.25) is 0 Å². The molecular formula is C17H19IN2. The van der Waals surface area contributed by atoms with Crippen LogP contribution in [0.5, 0.6) is 0 Å². The van der Waals surface area contributed by atoms with Crippen LogP contribution in [-0.2, 0) is 6.42 Å². The molecule has 2 atom stereocenters. The van der Waals surface area contributed by atoms with E-state index in [4.69, 9.17) is 0 Å². The third kappa shape index (κ3) is 2.74. The van der Waals surface area contributed by atoms with E-state index in [9.17, 15) is 0 Å². The molecule has 2 nitrogen and oxygen atoms in total. The number of nitrogens with one attached hydrogen (secondary N) is 1. The molecule has 3 heteroatoms. The average molecular weight is 378 g/mol. The molecule has 1 heterocycles. The van der Waals surface area contributed by atoms with Crippen molar-refractivity contribution in [1.82, 2.24) is 10.3 Å². The molecule has 0 aliphatic heterocycles. The molecule has 104 valence electrons. The van der Waals surface area contributed by atoms with Gasteiger partial charge in [-0.05, 0) is 71.3 Å². The van der Waals surface area contributed by atoms with Crippen molar-refractivity contribution in [2.75, 3.05) is 6.54 Å². The van der Waals surface area contributed by atoms with Gasteiger partial charge in [-0.2, -0.15) is 0 Å². The first-order valence-electron chi connectivity index (χ1n) is 7.22. The highest BCUT2D eigenvalue weighted by Crippen LogP contribution is 2.40. The van der Waals surface area contributed by atoms with Gasteiger partial charge in [0.15, 0.2) is 0 Å². The molecule has 1 aromatic carbocycles. The minimum atomic E-state index is 0.369. The quantitative estimate of drug-likeness (QED) is 0.812. The summed E-state index contributed by atoms with van der Waals surface area (Å²) in [5.41, 5.74) is 4.08. The van der Waals surface area contributed by atoms with Crippen molar-refractivity contribution < 1.29 is 0 Å². The van der Waals surface area contributed by atoms with E-state index in [-0.39, 0.29) is 0 Å². The lowest BCUT2D eigenvalue weighted by Crippen LogP contribution is -2.26. The molecule has 0 bridgehead atoms. The summed E-state index contributed by atoms with van der Waals surface area (Å²) in [4.78, 5) is 4.65. The normalized spacial score (nSPS) is 18.8. The number of nitrogens with zero attached hydrogens (tertiary/aromatic N) is 1. The van der Waals surface area contributed by atoms with Gasteiger partial charge in [-0.1, -0.05) is 25.1 Å². The maximum absolute atomic E-state index is 4.65. The molecule has 20 heavy (non-hydrogen) atoms. The van der Waals surface area contributed by atoms with Gasteiger partial charge in [-0.25, -0.2) is 0 Å². The number of rotatable bonds is 4. The summed E-state index contributed by atoms with van der Waals surface area (Å²) >= 11 is 2.36. The number of likely N-dealkylation sites (N-methyl/N-ethyl adjacent to an activating group) is 1. The Bertz CT molecular complexity index is 580. The summed E-state index contributed by atoms with van der Waals surface area (Å²) in [7, 11) is 0. The van der Waals surface area contributed by atoms with Crippen molar-refractivity contribution in [3.05, 3.63) is 63.0 Å². The highest BCUT2D eigenvalue weighted by molar-refractivity contribution is 14.1. The van der Waals surface area contributed by atoms with Crippen LogP contribution in [-0.4, -0.2) is 11.5 Å². The van der Waals surface area contributed by atoms with E-state index < -0.39 is 0 Å². The Balaban J connectivity index is 1.94. The topological polar surface area (TPSA) is 24.9 Å². The molecule has 0 saturated heterocycles. The summed E-state index contributed by atoms with van der Waals surface area (Å²) in [6, 6.07) is 13.5. The molecule has 2 unspecified atom stereocenters. The fourth-order valence-electron chi connectivity index (χ4n) is 3.15. The third-order valence-electron chi connectivity index (χ3n) is 4.06. The summed E-state index contributed by atoms with van der Waals surface area (Å²) < 4.78 is 1.28. The first-order valence-corrected chi connectivity index (χ1v) is 8.30. The zero-order valence-corrected chi connectivity index (χ0v) is 13.8. The second-order valence-corrected chi connectivity index (χ2v) is 6.53. The van der Waals surface area contributed by atoms with Crippen molar-refractivity contribution in [3.8, 4) is 0 Å². The van der Waals surface area contributed by atoms with Gasteiger partial charge in [-0.3, -0.25) is 4.98 Å². The Labute approximate surface area is 134 Å². The van der Waals surface area contributed by atoms with Crippen LogP contribution in [0.3, 0.4) is 0 Å². The van der Waals surface area contributed by atoms with Gasteiger partial charge in [-0.15, -0.1) is 0 Å². The van der Waals surface area contributed by atoms with E-state index in [2.05, 4.69) is 70.1 Å². The summed E-state index contributed by atoms with van der Waals surface area (Å²) in [5, 5.41) is 3.66. The van der Waals surface area contributed by atoms with Crippen LogP contribution >= 0.6 is 22.6 Å². The number of aryl methyl sites for hydroxylation is 1. The smallest absolute Gasteiger partial charge is 0.0485 e. The fraction of sp³-hybridized carbons (Fsp3) is 0.353. The van der Waals surface area contributed by atoms with E-state index in [1.165, 1.54) is 26.8 Å². The molecule has 3 rings (SSSR count). The Morgan fingerprint density at radius 2 is 2.10 bits per heavy atom. The zero-order chi connectivity index (χ0) is 13.9. The maximum atomic E-state index is 4.65. The first kappa shape index (κ1) is 14.0. The van der Waals surface area contributed by atoms with Crippen LogP contribution in [0, 0.1) is 3.57 Å². The molecule has 1 aromatic heterocycles. The van der Waals surface area contributed by atoms with E-state index in [0.717, 1.165) is 13.0 Å². The molecule has 0 amide bonds. The van der Waals surface area contributed by atoms with E-state index >= 15 is 0 Å². The second kappa shape index (κ2) is 6.22. The molecule has 0 saturated carbocycles. The zero-order valence-electron chi connectivity index (χ0n) is 11.6. The predicted octanol–water partition coefficient (Wildman–Crippen LogP) is 4.07. The molecule has 0 fully saturated rings. The lowest BCUT2D eigenvalue weighted by Gasteiger charge is -2.25. The SMILES string of the molecule is CCNC(c1ccc(I)cc1)C1CCc2cccnc21. The van der Waals surface area contributed by atoms with Crippen LogP contribution < -0.4 is 5.32 Å². The molecule has 1 aliphatic rings. The third-order valence-corrected chi connectivity index (χ3v) is 4.78. The van der Waals surface area contributed by atoms with Crippen LogP contribution in [0.1, 0.15) is 42.1 Å². The Morgan fingerprint density at radius 3 is 2.85 bits per heavy atom. The molecule has 2 aromatic rings. The van der Waals surface area contributed by atoms with Gasteiger partial charge in [0.2, 0.25) is 0 Å². The van der Waals surface area contributed by atoms with Gasteiger partial charge in [0, 0.05) is 27.4 Å². The number of fused-ring (bicyclic) bond motifs is 1. The highest BCUT2D eigenvalue weighted by atomic mass is 127. The highest BCUT2D eigenvalue weighted by Gasteiger charge is 2.31. The number of aromatic nitrogens is 1. The van der Waals surface area contributed by atoms with Gasteiger partial charge in [0.25, 0.3) is 0 Å². The van der Waals surface area contributed by atoms with Crippen molar-refractivity contribution in [2.24, 2.45) is 0 Å². The molecule has 1 N–H and O–H groups in total. The molecule has 0 spiro atoms. The van der Waals surface area contributed by atoms with Crippen LogP contribution in [0.15, 0.2) is 42.6 Å². The second-order valence-electron chi connectivity index (χ2n) is 5.28. The summed E-state index contributed by atoms with van der Waals surface area (Å²) in [6.07, 6.45) is 4.27. The predicted molar refractivity (Wildman–Crippen MR) is 90.9 cm³/mol. The van der Waals surface area contributed by atoms with Gasteiger partial charge >= 0.3 is 0 Å². The monoisotopic (exact) mass is 378 g/mol. The summed E-state index contributed by atoms with van der Waals surface area (Å²) in [5.74, 6) is 0.492. The first-order chi connectivity index (χ1) is 9.79. The molecule has 1 aliphatic carbocycles. The number of hydrogen-bond donors (Lipinski definition) is 1. The van der Waals surface area contributed by atoms with Crippen molar-refractivity contribution in [1.29, 1.82) is 0 Å². The number of hydrogen-bond acceptors (Lipinski definition) is 2. The van der Waals surface area contributed by atoms with E-state index in [1.54, 1.807) is 0 Å². The minimum absolute atomic E-state index is 0.369. The molecular weight excluding hydrogens is 359 g/mol. The number of pyridine rings is 1. The number of benzene rings is 1. The lowest BCUT2D eigenvalue weighted by atomic mass is 9.90. The Morgan fingerprint density at radius 1 is 1.30 bits per heavy atom. The Kier molecular flexibility index (Phi) is 4.36. The van der Waals surface area contributed by atoms with Crippen LogP contribution in [0.4, 0.5) is 0 Å². The van der Waals surface area contributed by atoms with Crippen LogP contribution in [0.25, 0.3) is 0 Å². The van der Waals surface area contributed by atoms with Crippen molar-refractivity contribution in [2.45, 2.75) is 31.7 Å². The Hall–Kier alpha value is -0.940. The summed E-state index contributed by atoms with van der Waals surface area (Å²) in [6.45, 7) is 3.16. The largest absolute Gasteiger partial charge is 0.310 e. The fourth-order valence-corrected chi connectivity index (χ4v) is 3.51. The van der Waals surface area contributed by atoms with E-state index in [0.29, 0.717) is 12.0 Å². The average Bonchev–Trinajstić information content (AvgIpc) is 2.90. The standard InChI is InChI=1S/C17H19IN2/c1-2-19-16(13-5-8-14(18)9-6-13)15-10-7-12-4-3-11-20-17(12)15/h3-6,8-9,11,15-16,19H,2,7,10H2,1H3. The minimum Gasteiger partial charge on any atom is -0.310 e. The van der Waals surface area contributed by atoms with Gasteiger partial charge in [0.1, 0.15) is 0 Å². The van der Waals surface area contributed by atoms with Gasteiger partial charge in [0.05, 0.1) is 0 Å². The van der Waals surface area contributed by atoms with E-state index in [1.807, 2.05) is 12.3 Å². The lowest BCUT2D eigenvalue weighted by molar-refractivity contribution is 0.447. The van der Waals surface area contributed by atoms with Gasteiger partial charge < -0.3 is 5.32 Å². The maximum Gasteiger partial charge on any atom is 0.0485 e. The van der Waals surface area contributed by atoms with Crippen molar-refractivity contribution in [3.63, 3.8) is 0 Å². The molecule has 0 radical (unpaired) electrons. The van der Waals surface area contributed by atoms with Crippen molar-refractivity contribution >= 4 is 22.6 Å². The number of halogens is 1.